The zero-order valence-electron chi connectivity index (χ0n) is 17.7. The Morgan fingerprint density at radius 2 is 1.78 bits per heavy atom. The summed E-state index contributed by atoms with van der Waals surface area (Å²) in [6, 6.07) is 9.80. The minimum atomic E-state index is -3.33. The Hall–Kier alpha value is -2.63. The SMILES string of the molecule is O=c1[nH]c(C2CCN(S(=O)(=O)C3CCOCC3)CC2)nc2c1nnn2Cc1ccccc1. The molecule has 11 heteroatoms. The van der Waals surface area contributed by atoms with Crippen molar-refractivity contribution in [3.63, 3.8) is 0 Å². The minimum absolute atomic E-state index is 0.0201. The average Bonchev–Trinajstić information content (AvgIpc) is 3.23. The van der Waals surface area contributed by atoms with Crippen LogP contribution in [0.2, 0.25) is 0 Å². The number of rotatable bonds is 5. The monoisotopic (exact) mass is 458 g/mol. The standard InChI is InChI=1S/C21H26N6O4S/c28-21-18-20(27(25-24-18)14-15-4-2-1-3-5-15)22-19(23-21)16-6-10-26(11-7-16)32(29,30)17-8-12-31-13-9-17/h1-5,16-17H,6-14H2,(H,22,23,28). The first-order valence-corrected chi connectivity index (χ1v) is 12.5. The van der Waals surface area contributed by atoms with Crippen molar-refractivity contribution in [1.82, 2.24) is 29.3 Å². The van der Waals surface area contributed by atoms with Crippen molar-refractivity contribution in [3.8, 4) is 0 Å². The number of ether oxygens (including phenoxy) is 1. The maximum atomic E-state index is 13.0. The van der Waals surface area contributed by atoms with E-state index in [2.05, 4.69) is 15.3 Å². The third-order valence-electron chi connectivity index (χ3n) is 6.36. The van der Waals surface area contributed by atoms with Crippen LogP contribution in [0.4, 0.5) is 0 Å². The quantitative estimate of drug-likeness (QED) is 0.610. The van der Waals surface area contributed by atoms with Gasteiger partial charge >= 0.3 is 0 Å². The average molecular weight is 459 g/mol. The number of aromatic nitrogens is 5. The predicted octanol–water partition coefficient (Wildman–Crippen LogP) is 1.25. The Bertz CT molecular complexity index is 1240. The molecule has 2 aromatic heterocycles. The molecule has 0 amide bonds. The van der Waals surface area contributed by atoms with Crippen LogP contribution in [0.1, 0.15) is 43.0 Å². The molecule has 2 fully saturated rings. The van der Waals surface area contributed by atoms with Crippen molar-refractivity contribution in [2.75, 3.05) is 26.3 Å². The number of nitrogens with one attached hydrogen (secondary N) is 1. The van der Waals surface area contributed by atoms with Gasteiger partial charge in [-0.3, -0.25) is 4.79 Å². The Kier molecular flexibility index (Phi) is 5.78. The topological polar surface area (TPSA) is 123 Å². The molecule has 10 nitrogen and oxygen atoms in total. The first-order valence-electron chi connectivity index (χ1n) is 11.0. The van der Waals surface area contributed by atoms with Crippen LogP contribution in [0.3, 0.4) is 0 Å². The molecule has 0 radical (unpaired) electrons. The Balaban J connectivity index is 1.34. The second-order valence-corrected chi connectivity index (χ2v) is 10.6. The number of H-pyrrole nitrogens is 1. The molecule has 2 aliphatic heterocycles. The Labute approximate surface area is 185 Å². The zero-order chi connectivity index (χ0) is 22.1. The molecule has 1 aromatic carbocycles. The lowest BCUT2D eigenvalue weighted by molar-refractivity contribution is 0.0969. The fourth-order valence-electron chi connectivity index (χ4n) is 4.51. The highest BCUT2D eigenvalue weighted by molar-refractivity contribution is 7.89. The first-order chi connectivity index (χ1) is 15.5. The fourth-order valence-corrected chi connectivity index (χ4v) is 6.44. The summed E-state index contributed by atoms with van der Waals surface area (Å²) < 4.78 is 34.5. The summed E-state index contributed by atoms with van der Waals surface area (Å²) >= 11 is 0. The van der Waals surface area contributed by atoms with Gasteiger partial charge < -0.3 is 9.72 Å². The van der Waals surface area contributed by atoms with Gasteiger partial charge in [-0.25, -0.2) is 22.4 Å². The second kappa shape index (κ2) is 8.72. The van der Waals surface area contributed by atoms with Gasteiger partial charge in [0.1, 0.15) is 5.82 Å². The van der Waals surface area contributed by atoms with Crippen LogP contribution in [-0.4, -0.2) is 69.2 Å². The maximum absolute atomic E-state index is 13.0. The van der Waals surface area contributed by atoms with Gasteiger partial charge in [0.15, 0.2) is 11.2 Å². The molecule has 3 aromatic rings. The summed E-state index contributed by atoms with van der Waals surface area (Å²) in [7, 11) is -3.33. The van der Waals surface area contributed by atoms with Crippen molar-refractivity contribution >= 4 is 21.2 Å². The molecular weight excluding hydrogens is 432 g/mol. The van der Waals surface area contributed by atoms with Gasteiger partial charge in [-0.1, -0.05) is 35.5 Å². The van der Waals surface area contributed by atoms with E-state index in [9.17, 15) is 13.2 Å². The highest BCUT2D eigenvalue weighted by Gasteiger charge is 2.36. The number of hydrogen-bond acceptors (Lipinski definition) is 7. The highest BCUT2D eigenvalue weighted by Crippen LogP contribution is 2.29. The number of nitrogens with zero attached hydrogens (tertiary/aromatic N) is 5. The molecule has 2 saturated heterocycles. The van der Waals surface area contributed by atoms with Crippen LogP contribution in [-0.2, 0) is 21.3 Å². The van der Waals surface area contributed by atoms with Gasteiger partial charge in [-0.2, -0.15) is 0 Å². The van der Waals surface area contributed by atoms with Gasteiger partial charge in [0.05, 0.1) is 11.8 Å². The molecule has 0 aliphatic carbocycles. The van der Waals surface area contributed by atoms with Crippen molar-refractivity contribution < 1.29 is 13.2 Å². The number of aromatic amines is 1. The van der Waals surface area contributed by atoms with E-state index in [1.807, 2.05) is 30.3 Å². The van der Waals surface area contributed by atoms with Gasteiger partial charge in [0.25, 0.3) is 5.56 Å². The van der Waals surface area contributed by atoms with Crippen LogP contribution in [0.15, 0.2) is 35.1 Å². The van der Waals surface area contributed by atoms with E-state index in [-0.39, 0.29) is 22.2 Å². The normalized spacial score (nSPS) is 19.5. The predicted molar refractivity (Wildman–Crippen MR) is 118 cm³/mol. The molecule has 4 heterocycles. The van der Waals surface area contributed by atoms with Gasteiger partial charge in [0, 0.05) is 32.2 Å². The summed E-state index contributed by atoms with van der Waals surface area (Å²) in [5.74, 6) is 0.551. The lowest BCUT2D eigenvalue weighted by Gasteiger charge is -2.34. The fraction of sp³-hybridized carbons (Fsp3) is 0.524. The summed E-state index contributed by atoms with van der Waals surface area (Å²) in [5, 5.41) is 7.77. The van der Waals surface area contributed by atoms with E-state index in [1.54, 1.807) is 8.99 Å². The van der Waals surface area contributed by atoms with E-state index in [4.69, 9.17) is 9.72 Å². The van der Waals surface area contributed by atoms with Crippen molar-refractivity contribution in [2.24, 2.45) is 0 Å². The van der Waals surface area contributed by atoms with E-state index in [0.717, 1.165) is 5.56 Å². The molecule has 32 heavy (non-hydrogen) atoms. The van der Waals surface area contributed by atoms with Crippen molar-refractivity contribution in [1.29, 1.82) is 0 Å². The van der Waals surface area contributed by atoms with Crippen LogP contribution < -0.4 is 5.56 Å². The van der Waals surface area contributed by atoms with Gasteiger partial charge in [0.2, 0.25) is 10.0 Å². The zero-order valence-corrected chi connectivity index (χ0v) is 18.5. The van der Waals surface area contributed by atoms with E-state index in [0.29, 0.717) is 70.0 Å². The van der Waals surface area contributed by atoms with E-state index >= 15 is 0 Å². The molecule has 0 atom stereocenters. The minimum Gasteiger partial charge on any atom is -0.381 e. The third kappa shape index (κ3) is 4.07. The number of sulfonamides is 1. The maximum Gasteiger partial charge on any atom is 0.281 e. The summed E-state index contributed by atoms with van der Waals surface area (Å²) in [6.45, 7) is 2.31. The number of fused-ring (bicyclic) bond motifs is 1. The molecule has 0 spiro atoms. The molecule has 0 bridgehead atoms. The summed E-state index contributed by atoms with van der Waals surface area (Å²) in [4.78, 5) is 20.1. The van der Waals surface area contributed by atoms with Crippen LogP contribution in [0, 0.1) is 0 Å². The summed E-state index contributed by atoms with van der Waals surface area (Å²) in [5.41, 5.74) is 1.38. The Morgan fingerprint density at radius 1 is 1.06 bits per heavy atom. The van der Waals surface area contributed by atoms with E-state index in [1.165, 1.54) is 0 Å². The molecule has 0 saturated carbocycles. The Morgan fingerprint density at radius 3 is 2.50 bits per heavy atom. The van der Waals surface area contributed by atoms with Crippen LogP contribution >= 0.6 is 0 Å². The first kappa shape index (κ1) is 21.2. The van der Waals surface area contributed by atoms with Crippen LogP contribution in [0.5, 0.6) is 0 Å². The van der Waals surface area contributed by atoms with Crippen molar-refractivity contribution in [3.05, 3.63) is 52.1 Å². The molecular formula is C21H26N6O4S. The largest absolute Gasteiger partial charge is 0.381 e. The smallest absolute Gasteiger partial charge is 0.281 e. The summed E-state index contributed by atoms with van der Waals surface area (Å²) in [6.07, 6.45) is 2.31. The van der Waals surface area contributed by atoms with E-state index < -0.39 is 10.0 Å². The number of piperidine rings is 1. The van der Waals surface area contributed by atoms with Gasteiger partial charge in [-0.15, -0.1) is 5.10 Å². The number of benzene rings is 1. The molecule has 0 unspecified atom stereocenters. The second-order valence-electron chi connectivity index (χ2n) is 8.39. The lowest BCUT2D eigenvalue weighted by Crippen LogP contribution is -2.45. The molecule has 5 rings (SSSR count). The molecule has 1 N–H and O–H groups in total. The molecule has 2 aliphatic rings. The highest BCUT2D eigenvalue weighted by atomic mass is 32.2. The molecule has 170 valence electrons. The lowest BCUT2D eigenvalue weighted by atomic mass is 9.97. The van der Waals surface area contributed by atoms with Gasteiger partial charge in [-0.05, 0) is 31.2 Å². The third-order valence-corrected chi connectivity index (χ3v) is 8.76. The van der Waals surface area contributed by atoms with Crippen molar-refractivity contribution in [2.45, 2.75) is 43.4 Å². The number of hydrogen-bond donors (Lipinski definition) is 1. The van der Waals surface area contributed by atoms with Crippen LogP contribution in [0.25, 0.3) is 11.2 Å².